The van der Waals surface area contributed by atoms with E-state index in [0.29, 0.717) is 6.54 Å². The maximum Gasteiger partial charge on any atom is 0.146 e. The first-order valence-electron chi connectivity index (χ1n) is 6.34. The van der Waals surface area contributed by atoms with E-state index in [4.69, 9.17) is 5.73 Å². The topological polar surface area (TPSA) is 42.2 Å². The normalized spacial score (nSPS) is 10.9. The standard InChI is InChI=1S/C15H18FN3/c1-2-19(10-12-5-7-18-8-6-12)11-13-3-4-15(17)14(16)9-13/h3-9H,2,10-11,17H2,1H3. The molecule has 0 saturated carbocycles. The fourth-order valence-electron chi connectivity index (χ4n) is 1.95. The number of anilines is 1. The molecule has 1 heterocycles. The van der Waals surface area contributed by atoms with Crippen molar-refractivity contribution in [2.45, 2.75) is 20.0 Å². The molecular weight excluding hydrogens is 241 g/mol. The third kappa shape index (κ3) is 3.76. The van der Waals surface area contributed by atoms with E-state index in [0.717, 1.165) is 18.7 Å². The van der Waals surface area contributed by atoms with Crippen LogP contribution in [0.15, 0.2) is 42.7 Å². The fourth-order valence-corrected chi connectivity index (χ4v) is 1.95. The molecule has 100 valence electrons. The third-order valence-electron chi connectivity index (χ3n) is 3.07. The van der Waals surface area contributed by atoms with E-state index in [-0.39, 0.29) is 11.5 Å². The van der Waals surface area contributed by atoms with Gasteiger partial charge in [0.25, 0.3) is 0 Å². The lowest BCUT2D eigenvalue weighted by molar-refractivity contribution is 0.271. The highest BCUT2D eigenvalue weighted by Crippen LogP contribution is 2.15. The fraction of sp³-hybridized carbons (Fsp3) is 0.267. The van der Waals surface area contributed by atoms with Gasteiger partial charge in [0.2, 0.25) is 0 Å². The quantitative estimate of drug-likeness (QED) is 0.840. The third-order valence-corrected chi connectivity index (χ3v) is 3.07. The van der Waals surface area contributed by atoms with Crippen molar-refractivity contribution in [3.8, 4) is 0 Å². The largest absolute Gasteiger partial charge is 0.396 e. The van der Waals surface area contributed by atoms with E-state index in [1.165, 1.54) is 11.6 Å². The van der Waals surface area contributed by atoms with Crippen molar-refractivity contribution in [3.63, 3.8) is 0 Å². The zero-order chi connectivity index (χ0) is 13.7. The lowest BCUT2D eigenvalue weighted by Crippen LogP contribution is -2.22. The minimum absolute atomic E-state index is 0.195. The van der Waals surface area contributed by atoms with Gasteiger partial charge < -0.3 is 5.73 Å². The molecule has 0 aliphatic rings. The number of nitrogens with zero attached hydrogens (tertiary/aromatic N) is 2. The average molecular weight is 259 g/mol. The first-order chi connectivity index (χ1) is 9.19. The van der Waals surface area contributed by atoms with Gasteiger partial charge in [-0.25, -0.2) is 4.39 Å². The first kappa shape index (κ1) is 13.5. The highest BCUT2D eigenvalue weighted by atomic mass is 19.1. The van der Waals surface area contributed by atoms with Crippen LogP contribution in [0.4, 0.5) is 10.1 Å². The van der Waals surface area contributed by atoms with Crippen LogP contribution in [0.5, 0.6) is 0 Å². The molecule has 0 aliphatic carbocycles. The van der Waals surface area contributed by atoms with Crippen LogP contribution in [0.25, 0.3) is 0 Å². The van der Waals surface area contributed by atoms with E-state index in [1.807, 2.05) is 18.2 Å². The van der Waals surface area contributed by atoms with Crippen LogP contribution in [-0.4, -0.2) is 16.4 Å². The highest BCUT2D eigenvalue weighted by Gasteiger charge is 2.07. The van der Waals surface area contributed by atoms with Crippen molar-refractivity contribution < 1.29 is 4.39 Å². The maximum atomic E-state index is 13.4. The predicted molar refractivity (Wildman–Crippen MR) is 74.8 cm³/mol. The van der Waals surface area contributed by atoms with Crippen molar-refractivity contribution in [1.29, 1.82) is 0 Å². The van der Waals surface area contributed by atoms with Gasteiger partial charge >= 0.3 is 0 Å². The monoisotopic (exact) mass is 259 g/mol. The van der Waals surface area contributed by atoms with Crippen molar-refractivity contribution >= 4 is 5.69 Å². The maximum absolute atomic E-state index is 13.4. The molecule has 2 rings (SSSR count). The summed E-state index contributed by atoms with van der Waals surface area (Å²) in [7, 11) is 0. The Balaban J connectivity index is 2.04. The van der Waals surface area contributed by atoms with Gasteiger partial charge in [-0.2, -0.15) is 0 Å². The second-order valence-corrected chi connectivity index (χ2v) is 4.51. The molecule has 4 heteroatoms. The second kappa shape index (κ2) is 6.29. The molecule has 3 nitrogen and oxygen atoms in total. The molecule has 1 aromatic heterocycles. The molecule has 0 radical (unpaired) electrons. The summed E-state index contributed by atoms with van der Waals surface area (Å²) in [6.07, 6.45) is 3.57. The van der Waals surface area contributed by atoms with Gasteiger partial charge in [0.05, 0.1) is 5.69 Å². The van der Waals surface area contributed by atoms with Crippen LogP contribution in [0.2, 0.25) is 0 Å². The Morgan fingerprint density at radius 2 is 1.79 bits per heavy atom. The predicted octanol–water partition coefficient (Wildman–Crippen LogP) is 2.83. The van der Waals surface area contributed by atoms with Gasteiger partial charge in [-0.3, -0.25) is 9.88 Å². The molecule has 1 aromatic carbocycles. The molecule has 19 heavy (non-hydrogen) atoms. The molecule has 0 fully saturated rings. The summed E-state index contributed by atoms with van der Waals surface area (Å²) in [5.41, 5.74) is 7.81. The van der Waals surface area contributed by atoms with Crippen LogP contribution in [-0.2, 0) is 13.1 Å². The van der Waals surface area contributed by atoms with Crippen LogP contribution in [0.3, 0.4) is 0 Å². The van der Waals surface area contributed by atoms with Gasteiger partial charge in [0, 0.05) is 25.5 Å². The van der Waals surface area contributed by atoms with Crippen molar-refractivity contribution in [2.24, 2.45) is 0 Å². The summed E-state index contributed by atoms with van der Waals surface area (Å²) < 4.78 is 13.4. The number of hydrogen-bond acceptors (Lipinski definition) is 3. The zero-order valence-corrected chi connectivity index (χ0v) is 11.0. The van der Waals surface area contributed by atoms with Crippen LogP contribution >= 0.6 is 0 Å². The summed E-state index contributed by atoms with van der Waals surface area (Å²) in [5.74, 6) is -0.350. The minimum Gasteiger partial charge on any atom is -0.396 e. The number of rotatable bonds is 5. The van der Waals surface area contributed by atoms with Gasteiger partial charge in [-0.15, -0.1) is 0 Å². The molecule has 0 aliphatic heterocycles. The van der Waals surface area contributed by atoms with Gasteiger partial charge in [-0.05, 0) is 41.9 Å². The Kier molecular flexibility index (Phi) is 4.47. The number of halogens is 1. The minimum atomic E-state index is -0.350. The van der Waals surface area contributed by atoms with E-state index < -0.39 is 0 Å². The SMILES string of the molecule is CCN(Cc1ccncc1)Cc1ccc(N)c(F)c1. The van der Waals surface area contributed by atoms with Gasteiger partial charge in [-0.1, -0.05) is 13.0 Å². The number of aromatic nitrogens is 1. The van der Waals surface area contributed by atoms with Crippen molar-refractivity contribution in [2.75, 3.05) is 12.3 Å². The molecule has 0 unspecified atom stereocenters. The Hall–Kier alpha value is -1.94. The van der Waals surface area contributed by atoms with E-state index in [1.54, 1.807) is 18.5 Å². The van der Waals surface area contributed by atoms with Crippen LogP contribution < -0.4 is 5.73 Å². The van der Waals surface area contributed by atoms with E-state index in [2.05, 4.69) is 16.8 Å². The van der Waals surface area contributed by atoms with Crippen molar-refractivity contribution in [3.05, 3.63) is 59.7 Å². The number of nitrogens with two attached hydrogens (primary N) is 1. The summed E-state index contributed by atoms with van der Waals surface area (Å²) in [6.45, 7) is 4.52. The Morgan fingerprint density at radius 1 is 1.11 bits per heavy atom. The molecule has 0 bridgehead atoms. The van der Waals surface area contributed by atoms with Gasteiger partial charge in [0.15, 0.2) is 0 Å². The molecule has 2 N–H and O–H groups in total. The average Bonchev–Trinajstić information content (AvgIpc) is 2.43. The summed E-state index contributed by atoms with van der Waals surface area (Å²) in [5, 5.41) is 0. The smallest absolute Gasteiger partial charge is 0.146 e. The Morgan fingerprint density at radius 3 is 2.42 bits per heavy atom. The van der Waals surface area contributed by atoms with E-state index in [9.17, 15) is 4.39 Å². The van der Waals surface area contributed by atoms with Gasteiger partial charge in [0.1, 0.15) is 5.82 Å². The number of benzene rings is 1. The molecule has 2 aromatic rings. The lowest BCUT2D eigenvalue weighted by atomic mass is 10.1. The summed E-state index contributed by atoms with van der Waals surface area (Å²) in [4.78, 5) is 6.24. The number of hydrogen-bond donors (Lipinski definition) is 1. The molecule has 0 spiro atoms. The summed E-state index contributed by atoms with van der Waals surface area (Å²) >= 11 is 0. The van der Waals surface area contributed by atoms with E-state index >= 15 is 0 Å². The molecular formula is C15H18FN3. The van der Waals surface area contributed by atoms with Crippen LogP contribution in [0, 0.1) is 5.82 Å². The van der Waals surface area contributed by atoms with Crippen LogP contribution in [0.1, 0.15) is 18.1 Å². The zero-order valence-electron chi connectivity index (χ0n) is 11.0. The first-order valence-corrected chi connectivity index (χ1v) is 6.34. The molecule has 0 saturated heterocycles. The Labute approximate surface area is 112 Å². The Bertz CT molecular complexity index is 528. The number of pyridine rings is 1. The number of nitrogen functional groups attached to an aromatic ring is 1. The summed E-state index contributed by atoms with van der Waals surface area (Å²) in [6, 6.07) is 8.97. The van der Waals surface area contributed by atoms with Crippen molar-refractivity contribution in [1.82, 2.24) is 9.88 Å². The molecule has 0 atom stereocenters. The highest BCUT2D eigenvalue weighted by molar-refractivity contribution is 5.41. The second-order valence-electron chi connectivity index (χ2n) is 4.51. The molecule has 0 amide bonds. The lowest BCUT2D eigenvalue weighted by Gasteiger charge is -2.20.